The maximum Gasteiger partial charge on any atom is 0.316 e. The van der Waals surface area contributed by atoms with Gasteiger partial charge in [0, 0.05) is 6.54 Å². The van der Waals surface area contributed by atoms with Crippen molar-refractivity contribution < 1.29 is 14.7 Å². The number of rotatable bonds is 6. The zero-order valence-corrected chi connectivity index (χ0v) is 14.8. The Labute approximate surface area is 151 Å². The lowest BCUT2D eigenvalue weighted by molar-refractivity contribution is -0.154. The Bertz CT molecular complexity index is 870. The van der Waals surface area contributed by atoms with Crippen molar-refractivity contribution in [1.82, 2.24) is 14.9 Å². The molecule has 0 spiro atoms. The first-order valence-corrected chi connectivity index (χ1v) is 9.00. The van der Waals surface area contributed by atoms with Crippen LogP contribution in [0.5, 0.6) is 0 Å². The molecule has 1 unspecified atom stereocenters. The Morgan fingerprint density at radius 2 is 2.00 bits per heavy atom. The number of para-hydroxylation sites is 1. The Balaban J connectivity index is 1.85. The summed E-state index contributed by atoms with van der Waals surface area (Å²) in [6, 6.07) is 6.99. The van der Waals surface area contributed by atoms with Crippen LogP contribution in [0.4, 0.5) is 0 Å². The summed E-state index contributed by atoms with van der Waals surface area (Å²) in [5.41, 5.74) is 0.292. The predicted octanol–water partition coefficient (Wildman–Crippen LogP) is 2.16. The molecule has 1 fully saturated rings. The van der Waals surface area contributed by atoms with Crippen molar-refractivity contribution in [1.29, 1.82) is 0 Å². The van der Waals surface area contributed by atoms with E-state index in [0.29, 0.717) is 23.3 Å². The minimum Gasteiger partial charge on any atom is -0.481 e. The number of fused-ring (bicyclic) bond motifs is 1. The van der Waals surface area contributed by atoms with Gasteiger partial charge in [-0.3, -0.25) is 14.4 Å². The molecule has 26 heavy (non-hydrogen) atoms. The third-order valence-corrected chi connectivity index (χ3v) is 5.10. The van der Waals surface area contributed by atoms with Crippen molar-refractivity contribution in [2.75, 3.05) is 6.54 Å². The fourth-order valence-electron chi connectivity index (χ4n) is 3.73. The first-order valence-electron chi connectivity index (χ1n) is 9.00. The number of aliphatic carboxylic acids is 1. The van der Waals surface area contributed by atoms with Gasteiger partial charge >= 0.3 is 5.97 Å². The molecule has 7 heteroatoms. The van der Waals surface area contributed by atoms with Crippen molar-refractivity contribution in [2.24, 2.45) is 11.8 Å². The van der Waals surface area contributed by atoms with Crippen LogP contribution in [0.25, 0.3) is 10.9 Å². The minimum absolute atomic E-state index is 0.0892. The molecular formula is C19H23N3O4. The van der Waals surface area contributed by atoms with Crippen LogP contribution < -0.4 is 5.56 Å². The van der Waals surface area contributed by atoms with Gasteiger partial charge in [-0.05, 0) is 37.8 Å². The molecule has 0 bridgehead atoms. The smallest absolute Gasteiger partial charge is 0.316 e. The number of nitrogens with zero attached hydrogens (tertiary/aromatic N) is 2. The van der Waals surface area contributed by atoms with Crippen LogP contribution in [-0.4, -0.2) is 38.4 Å². The van der Waals surface area contributed by atoms with Crippen LogP contribution in [-0.2, 0) is 16.1 Å². The van der Waals surface area contributed by atoms with Crippen LogP contribution in [0.2, 0.25) is 0 Å². The van der Waals surface area contributed by atoms with Crippen molar-refractivity contribution in [2.45, 2.75) is 39.2 Å². The minimum atomic E-state index is -1.07. The number of amides is 1. The molecule has 1 atom stereocenters. The molecular weight excluding hydrogens is 334 g/mol. The van der Waals surface area contributed by atoms with Crippen LogP contribution in [0.15, 0.2) is 29.1 Å². The van der Waals surface area contributed by atoms with Crippen LogP contribution in [0.3, 0.4) is 0 Å². The van der Waals surface area contributed by atoms with E-state index in [1.807, 2.05) is 0 Å². The van der Waals surface area contributed by atoms with E-state index in [1.54, 1.807) is 31.2 Å². The number of carbonyl (C=O) groups is 2. The number of benzene rings is 1. The van der Waals surface area contributed by atoms with E-state index >= 15 is 0 Å². The molecule has 1 aliphatic carbocycles. The molecule has 1 amide bonds. The summed E-state index contributed by atoms with van der Waals surface area (Å²) < 4.78 is 0. The lowest BCUT2D eigenvalue weighted by Crippen LogP contribution is -2.42. The average Bonchev–Trinajstić information content (AvgIpc) is 3.13. The number of aromatic nitrogens is 2. The normalized spacial score (nSPS) is 15.9. The molecule has 138 valence electrons. The quantitative estimate of drug-likeness (QED) is 0.771. The summed E-state index contributed by atoms with van der Waals surface area (Å²) in [6.07, 6.45) is 3.47. The molecule has 1 aromatic carbocycles. The maximum atomic E-state index is 12.9. The van der Waals surface area contributed by atoms with E-state index in [-0.39, 0.29) is 18.0 Å². The van der Waals surface area contributed by atoms with E-state index < -0.39 is 17.8 Å². The topological polar surface area (TPSA) is 103 Å². The molecule has 7 nitrogen and oxygen atoms in total. The molecule has 3 rings (SSSR count). The van der Waals surface area contributed by atoms with Gasteiger partial charge in [0.25, 0.3) is 5.56 Å². The van der Waals surface area contributed by atoms with Gasteiger partial charge in [0.1, 0.15) is 11.7 Å². The summed E-state index contributed by atoms with van der Waals surface area (Å²) in [4.78, 5) is 45.4. The Morgan fingerprint density at radius 1 is 1.31 bits per heavy atom. The van der Waals surface area contributed by atoms with Gasteiger partial charge in [0.05, 0.1) is 17.4 Å². The van der Waals surface area contributed by atoms with Crippen molar-refractivity contribution in [3.05, 3.63) is 40.4 Å². The zero-order chi connectivity index (χ0) is 18.7. The van der Waals surface area contributed by atoms with Gasteiger partial charge in [-0.25, -0.2) is 4.98 Å². The second-order valence-electron chi connectivity index (χ2n) is 6.74. The Kier molecular flexibility index (Phi) is 5.35. The summed E-state index contributed by atoms with van der Waals surface area (Å²) in [6.45, 7) is 2.24. The number of aromatic amines is 1. The summed E-state index contributed by atoms with van der Waals surface area (Å²) in [5, 5.41) is 10.1. The number of hydrogen-bond donors (Lipinski definition) is 2. The van der Waals surface area contributed by atoms with E-state index in [0.717, 1.165) is 25.7 Å². The highest BCUT2D eigenvalue weighted by atomic mass is 16.4. The van der Waals surface area contributed by atoms with Crippen molar-refractivity contribution >= 4 is 22.8 Å². The van der Waals surface area contributed by atoms with Crippen molar-refractivity contribution in [3.8, 4) is 0 Å². The highest BCUT2D eigenvalue weighted by Crippen LogP contribution is 2.32. The number of carbonyl (C=O) groups excluding carboxylic acids is 1. The number of nitrogens with one attached hydrogen (secondary N) is 1. The van der Waals surface area contributed by atoms with Crippen LogP contribution in [0.1, 0.15) is 38.4 Å². The van der Waals surface area contributed by atoms with E-state index in [1.165, 1.54) is 4.90 Å². The maximum absolute atomic E-state index is 12.9. The fraction of sp³-hybridized carbons (Fsp3) is 0.474. The highest BCUT2D eigenvalue weighted by Gasteiger charge is 2.38. The van der Waals surface area contributed by atoms with Crippen molar-refractivity contribution in [3.63, 3.8) is 0 Å². The van der Waals surface area contributed by atoms with Gasteiger partial charge in [0.15, 0.2) is 0 Å². The Morgan fingerprint density at radius 3 is 2.65 bits per heavy atom. The fourth-order valence-corrected chi connectivity index (χ4v) is 3.73. The second kappa shape index (κ2) is 7.68. The van der Waals surface area contributed by atoms with Crippen LogP contribution >= 0.6 is 0 Å². The van der Waals surface area contributed by atoms with Gasteiger partial charge in [-0.1, -0.05) is 25.0 Å². The average molecular weight is 357 g/mol. The first kappa shape index (κ1) is 18.1. The summed E-state index contributed by atoms with van der Waals surface area (Å²) in [7, 11) is 0. The largest absolute Gasteiger partial charge is 0.481 e. The molecule has 0 saturated heterocycles. The number of H-pyrrole nitrogens is 1. The molecule has 2 N–H and O–H groups in total. The lowest BCUT2D eigenvalue weighted by atomic mass is 9.89. The summed E-state index contributed by atoms with van der Waals surface area (Å²) in [5.74, 6) is -2.25. The molecule has 1 saturated carbocycles. The van der Waals surface area contributed by atoms with Gasteiger partial charge in [-0.2, -0.15) is 0 Å². The predicted molar refractivity (Wildman–Crippen MR) is 96.5 cm³/mol. The van der Waals surface area contributed by atoms with Gasteiger partial charge < -0.3 is 15.0 Å². The van der Waals surface area contributed by atoms with E-state index in [2.05, 4.69) is 9.97 Å². The number of carboxylic acid groups (broad SMARTS) is 1. The molecule has 0 aliphatic heterocycles. The number of carboxylic acids is 1. The molecule has 1 aromatic heterocycles. The molecule has 0 radical (unpaired) electrons. The van der Waals surface area contributed by atoms with Crippen LogP contribution in [0, 0.1) is 11.8 Å². The lowest BCUT2D eigenvalue weighted by Gasteiger charge is -2.27. The third-order valence-electron chi connectivity index (χ3n) is 5.10. The van der Waals surface area contributed by atoms with Gasteiger partial charge in [0.2, 0.25) is 5.91 Å². The monoisotopic (exact) mass is 357 g/mol. The third kappa shape index (κ3) is 3.61. The molecule has 1 heterocycles. The van der Waals surface area contributed by atoms with Gasteiger partial charge in [-0.15, -0.1) is 0 Å². The number of hydrogen-bond acceptors (Lipinski definition) is 4. The SMILES string of the molecule is CCN(Cc1nc2ccccc2c(=O)[nH]1)C(=O)C(C(=O)O)C1CCCC1. The Hall–Kier alpha value is -2.70. The highest BCUT2D eigenvalue weighted by molar-refractivity contribution is 5.97. The first-order chi connectivity index (χ1) is 12.5. The summed E-state index contributed by atoms with van der Waals surface area (Å²) >= 11 is 0. The molecule has 2 aromatic rings. The van der Waals surface area contributed by atoms with E-state index in [4.69, 9.17) is 0 Å². The zero-order valence-electron chi connectivity index (χ0n) is 14.8. The second-order valence-corrected chi connectivity index (χ2v) is 6.74. The van der Waals surface area contributed by atoms with E-state index in [9.17, 15) is 19.5 Å². The standard InChI is InChI=1S/C19H23N3O4/c1-2-22(18(24)16(19(25)26)12-7-3-4-8-12)11-15-20-14-10-6-5-9-13(14)17(23)21-15/h5-6,9-10,12,16H,2-4,7-8,11H2,1H3,(H,25,26)(H,20,21,23). The molecule has 1 aliphatic rings.